The van der Waals surface area contributed by atoms with Gasteiger partial charge in [-0.1, -0.05) is 67.4 Å². The van der Waals surface area contributed by atoms with Crippen LogP contribution in [0.3, 0.4) is 0 Å². The molecule has 1 aliphatic heterocycles. The van der Waals surface area contributed by atoms with Crippen molar-refractivity contribution in [2.75, 3.05) is 6.61 Å². The number of hydrogen-bond acceptors (Lipinski definition) is 3. The van der Waals surface area contributed by atoms with E-state index in [1.807, 2.05) is 59.1 Å². The van der Waals surface area contributed by atoms with Gasteiger partial charge in [0.2, 0.25) is 0 Å². The van der Waals surface area contributed by atoms with Crippen LogP contribution in [0.25, 0.3) is 16.8 Å². The molecule has 1 aliphatic rings. The van der Waals surface area contributed by atoms with Crippen molar-refractivity contribution in [1.29, 1.82) is 0 Å². The largest absolute Gasteiger partial charge is 0.493 e. The summed E-state index contributed by atoms with van der Waals surface area (Å²) in [6.07, 6.45) is 2.64. The van der Waals surface area contributed by atoms with Crippen molar-refractivity contribution in [3.8, 4) is 16.9 Å². The lowest BCUT2D eigenvalue weighted by Gasteiger charge is -2.26. The molecule has 0 fully saturated rings. The van der Waals surface area contributed by atoms with Crippen LogP contribution in [0.5, 0.6) is 5.75 Å². The Morgan fingerprint density at radius 2 is 1.88 bits per heavy atom. The van der Waals surface area contributed by atoms with Gasteiger partial charge in [0.25, 0.3) is 5.91 Å². The second-order valence-electron chi connectivity index (χ2n) is 8.42. The number of pyridine rings is 1. The number of fused-ring (bicyclic) bond motifs is 2. The number of ether oxygens (including phenoxy) is 1. The topological polar surface area (TPSA) is 55.6 Å². The van der Waals surface area contributed by atoms with Crippen molar-refractivity contribution >= 4 is 34.8 Å². The molecule has 0 spiro atoms. The fourth-order valence-corrected chi connectivity index (χ4v) is 4.85. The number of amides is 1. The van der Waals surface area contributed by atoms with Gasteiger partial charge in [0, 0.05) is 29.3 Å². The van der Waals surface area contributed by atoms with E-state index in [-0.39, 0.29) is 17.9 Å². The zero-order valence-corrected chi connectivity index (χ0v) is 19.8. The summed E-state index contributed by atoms with van der Waals surface area (Å²) in [6.45, 7) is 4.67. The number of imidazole rings is 1. The average molecular weight is 480 g/mol. The molecule has 2 aromatic heterocycles. The summed E-state index contributed by atoms with van der Waals surface area (Å²) in [6, 6.07) is 17.1. The monoisotopic (exact) mass is 479 g/mol. The summed E-state index contributed by atoms with van der Waals surface area (Å²) in [4.78, 5) is 18.3. The summed E-state index contributed by atoms with van der Waals surface area (Å²) in [5, 5.41) is 4.12. The number of rotatable bonds is 4. The summed E-state index contributed by atoms with van der Waals surface area (Å²) in [5.41, 5.74) is 4.52. The maximum Gasteiger partial charge on any atom is 0.272 e. The lowest BCUT2D eigenvalue weighted by atomic mass is 10.00. The molecule has 2 aromatic carbocycles. The zero-order valence-electron chi connectivity index (χ0n) is 18.3. The molecular weight excluding hydrogens is 457 g/mol. The second kappa shape index (κ2) is 8.73. The third kappa shape index (κ3) is 3.85. The summed E-state index contributed by atoms with van der Waals surface area (Å²) in [5.74, 6) is 0.686. The summed E-state index contributed by atoms with van der Waals surface area (Å²) in [7, 11) is 0. The van der Waals surface area contributed by atoms with E-state index in [0.717, 1.165) is 28.1 Å². The normalized spacial score (nSPS) is 15.4. The molecule has 0 saturated heterocycles. The number of aromatic nitrogens is 2. The van der Waals surface area contributed by atoms with E-state index in [0.29, 0.717) is 34.4 Å². The van der Waals surface area contributed by atoms with Crippen molar-refractivity contribution in [2.24, 2.45) is 0 Å². The number of benzene rings is 2. The SMILES string of the molecule is CC(C)c1c(C(=O)NC2CCOc3ccccc32)nc2c(-c3cccc(Cl)c3Cl)cccn12. The van der Waals surface area contributed by atoms with Gasteiger partial charge in [0.05, 0.1) is 28.4 Å². The fraction of sp³-hybridized carbons (Fsp3) is 0.231. The number of nitrogens with one attached hydrogen (secondary N) is 1. The molecule has 33 heavy (non-hydrogen) atoms. The maximum atomic E-state index is 13.5. The standard InChI is InChI=1S/C26H23Cl2N3O2/c1-15(2)24-23(26(32)29-20-12-14-33-21-11-4-3-7-18(20)21)30-25-17(9-6-13-31(24)25)16-8-5-10-19(27)22(16)28/h3-11,13,15,20H,12,14H2,1-2H3,(H,29,32). The molecule has 0 aliphatic carbocycles. The van der Waals surface area contributed by atoms with E-state index in [9.17, 15) is 4.79 Å². The van der Waals surface area contributed by atoms with E-state index in [2.05, 4.69) is 19.2 Å². The number of nitrogens with zero attached hydrogens (tertiary/aromatic N) is 2. The van der Waals surface area contributed by atoms with Crippen LogP contribution < -0.4 is 10.1 Å². The molecule has 168 valence electrons. The molecule has 0 saturated carbocycles. The lowest BCUT2D eigenvalue weighted by Crippen LogP contribution is -2.33. The van der Waals surface area contributed by atoms with E-state index < -0.39 is 0 Å². The van der Waals surface area contributed by atoms with Crippen molar-refractivity contribution in [2.45, 2.75) is 32.2 Å². The maximum absolute atomic E-state index is 13.5. The van der Waals surface area contributed by atoms with Crippen molar-refractivity contribution < 1.29 is 9.53 Å². The van der Waals surface area contributed by atoms with Gasteiger partial charge in [-0.05, 0) is 30.2 Å². The number of para-hydroxylation sites is 1. The van der Waals surface area contributed by atoms with E-state index in [1.165, 1.54) is 0 Å². The Labute approximate surface area is 202 Å². The molecule has 1 N–H and O–H groups in total. The van der Waals surface area contributed by atoms with Gasteiger partial charge < -0.3 is 14.5 Å². The van der Waals surface area contributed by atoms with Crippen LogP contribution in [0.2, 0.25) is 10.0 Å². The van der Waals surface area contributed by atoms with Gasteiger partial charge in [-0.15, -0.1) is 0 Å². The summed E-state index contributed by atoms with van der Waals surface area (Å²) < 4.78 is 7.72. The molecule has 7 heteroatoms. The van der Waals surface area contributed by atoms with Gasteiger partial charge >= 0.3 is 0 Å². The van der Waals surface area contributed by atoms with Crippen molar-refractivity contribution in [3.63, 3.8) is 0 Å². The van der Waals surface area contributed by atoms with Gasteiger partial charge in [-0.25, -0.2) is 4.98 Å². The van der Waals surface area contributed by atoms with E-state index >= 15 is 0 Å². The van der Waals surface area contributed by atoms with E-state index in [1.54, 1.807) is 6.07 Å². The third-order valence-corrected chi connectivity index (χ3v) is 6.77. The number of carbonyl (C=O) groups is 1. The highest BCUT2D eigenvalue weighted by molar-refractivity contribution is 6.43. The third-order valence-electron chi connectivity index (χ3n) is 5.95. The first-order chi connectivity index (χ1) is 16.0. The Kier molecular flexibility index (Phi) is 5.77. The Hall–Kier alpha value is -3.02. The molecule has 5 rings (SSSR count). The lowest BCUT2D eigenvalue weighted by molar-refractivity contribution is 0.0919. The molecular formula is C26H23Cl2N3O2. The first kappa shape index (κ1) is 21.8. The van der Waals surface area contributed by atoms with Gasteiger partial charge in [-0.3, -0.25) is 4.79 Å². The Morgan fingerprint density at radius 3 is 2.70 bits per heavy atom. The van der Waals surface area contributed by atoms with Gasteiger partial charge in [0.1, 0.15) is 11.4 Å². The number of halogens is 2. The highest BCUT2D eigenvalue weighted by atomic mass is 35.5. The van der Waals surface area contributed by atoms with Crippen molar-refractivity contribution in [3.05, 3.63) is 87.8 Å². The molecule has 1 atom stereocenters. The zero-order chi connectivity index (χ0) is 23.1. The second-order valence-corrected chi connectivity index (χ2v) is 9.20. The fourth-order valence-electron chi connectivity index (χ4n) is 4.45. The van der Waals surface area contributed by atoms with Crippen LogP contribution in [0.4, 0.5) is 0 Å². The van der Waals surface area contributed by atoms with Gasteiger partial charge in [0.15, 0.2) is 5.69 Å². The van der Waals surface area contributed by atoms with Crippen LogP contribution in [-0.4, -0.2) is 21.9 Å². The predicted octanol–water partition coefficient (Wildman–Crippen LogP) is 6.69. The first-order valence-electron chi connectivity index (χ1n) is 10.9. The minimum absolute atomic E-state index is 0.0767. The Morgan fingerprint density at radius 1 is 1.09 bits per heavy atom. The summed E-state index contributed by atoms with van der Waals surface area (Å²) >= 11 is 12.8. The Bertz CT molecular complexity index is 1360. The molecule has 4 aromatic rings. The van der Waals surface area contributed by atoms with Crippen LogP contribution in [0, 0.1) is 0 Å². The van der Waals surface area contributed by atoms with Crippen LogP contribution >= 0.6 is 23.2 Å². The quantitative estimate of drug-likeness (QED) is 0.354. The molecule has 0 radical (unpaired) electrons. The Balaban J connectivity index is 1.60. The smallest absolute Gasteiger partial charge is 0.272 e. The predicted molar refractivity (Wildman–Crippen MR) is 131 cm³/mol. The minimum Gasteiger partial charge on any atom is -0.493 e. The molecule has 5 nitrogen and oxygen atoms in total. The molecule has 3 heterocycles. The number of hydrogen-bond donors (Lipinski definition) is 1. The average Bonchev–Trinajstić information content (AvgIpc) is 3.22. The highest BCUT2D eigenvalue weighted by Crippen LogP contribution is 2.37. The molecule has 1 unspecified atom stereocenters. The first-order valence-corrected chi connectivity index (χ1v) is 11.7. The minimum atomic E-state index is -0.202. The van der Waals surface area contributed by atoms with Crippen LogP contribution in [-0.2, 0) is 0 Å². The number of carbonyl (C=O) groups excluding carboxylic acids is 1. The van der Waals surface area contributed by atoms with Gasteiger partial charge in [-0.2, -0.15) is 0 Å². The van der Waals surface area contributed by atoms with Crippen molar-refractivity contribution in [1.82, 2.24) is 14.7 Å². The van der Waals surface area contributed by atoms with E-state index in [4.69, 9.17) is 32.9 Å². The van der Waals surface area contributed by atoms with Crippen LogP contribution in [0.15, 0.2) is 60.8 Å². The highest BCUT2D eigenvalue weighted by Gasteiger charge is 2.28. The molecule has 0 bridgehead atoms. The van der Waals surface area contributed by atoms with Crippen LogP contribution in [0.1, 0.15) is 54.0 Å². The molecule has 1 amide bonds.